The second-order valence-corrected chi connectivity index (χ2v) is 7.57. The lowest BCUT2D eigenvalue weighted by Crippen LogP contribution is -3.07. The Morgan fingerprint density at radius 2 is 1.73 bits per heavy atom. The minimum absolute atomic E-state index is 0.305. The van der Waals surface area contributed by atoms with Crippen molar-refractivity contribution in [2.45, 2.75) is 13.0 Å². The standard InChI is InChI=1S/C25H25NO4/c1-26(13-12-17-8-10-21(28-2)23(14-17)29-3)16-19-15-24(27)30-22-11-9-18-6-4-5-7-20(18)25(19)22/h4-11,14-15H,12-13,16H2,1-3H3/p+1. The van der Waals surface area contributed by atoms with Crippen LogP contribution in [-0.2, 0) is 13.0 Å². The molecule has 0 saturated carbocycles. The van der Waals surface area contributed by atoms with E-state index in [-0.39, 0.29) is 5.63 Å². The summed E-state index contributed by atoms with van der Waals surface area (Å²) in [6, 6.07) is 19.7. The zero-order chi connectivity index (χ0) is 21.1. The molecule has 0 aliphatic heterocycles. The number of fused-ring (bicyclic) bond motifs is 3. The first-order valence-electron chi connectivity index (χ1n) is 10.1. The summed E-state index contributed by atoms with van der Waals surface area (Å²) in [6.45, 7) is 1.66. The molecule has 5 heteroatoms. The summed E-state index contributed by atoms with van der Waals surface area (Å²) in [6.07, 6.45) is 0.895. The van der Waals surface area contributed by atoms with E-state index in [0.717, 1.165) is 52.7 Å². The van der Waals surface area contributed by atoms with Crippen LogP contribution in [0.1, 0.15) is 11.1 Å². The highest BCUT2D eigenvalue weighted by molar-refractivity contribution is 6.06. The lowest BCUT2D eigenvalue weighted by molar-refractivity contribution is -0.893. The second-order valence-electron chi connectivity index (χ2n) is 7.57. The SMILES string of the molecule is COc1ccc(CC[NH+](C)Cc2cc(=O)oc3ccc4ccccc4c23)cc1OC. The van der Waals surface area contributed by atoms with Gasteiger partial charge in [0, 0.05) is 23.4 Å². The van der Waals surface area contributed by atoms with Crippen LogP contribution in [0.15, 0.2) is 69.9 Å². The molecule has 0 aliphatic rings. The van der Waals surface area contributed by atoms with Crippen molar-refractivity contribution in [1.29, 1.82) is 0 Å². The van der Waals surface area contributed by atoms with Gasteiger partial charge in [-0.3, -0.25) is 0 Å². The van der Waals surface area contributed by atoms with Crippen molar-refractivity contribution in [3.63, 3.8) is 0 Å². The van der Waals surface area contributed by atoms with Crippen molar-refractivity contribution >= 4 is 21.7 Å². The summed E-state index contributed by atoms with van der Waals surface area (Å²) >= 11 is 0. The first kappa shape index (κ1) is 20.0. The Balaban J connectivity index is 1.58. The highest BCUT2D eigenvalue weighted by Gasteiger charge is 2.14. The van der Waals surface area contributed by atoms with Crippen molar-refractivity contribution in [2.24, 2.45) is 0 Å². The van der Waals surface area contributed by atoms with Gasteiger partial charge < -0.3 is 18.8 Å². The fraction of sp³-hybridized carbons (Fsp3) is 0.240. The Hall–Kier alpha value is -3.31. The lowest BCUT2D eigenvalue weighted by atomic mass is 10.0. The van der Waals surface area contributed by atoms with Gasteiger partial charge in [-0.05, 0) is 34.5 Å². The number of likely N-dealkylation sites (N-methyl/N-ethyl adjacent to an activating group) is 1. The largest absolute Gasteiger partial charge is 0.493 e. The molecule has 1 N–H and O–H groups in total. The predicted octanol–water partition coefficient (Wildman–Crippen LogP) is 3.22. The zero-order valence-corrected chi connectivity index (χ0v) is 17.5. The van der Waals surface area contributed by atoms with Crippen molar-refractivity contribution in [3.05, 3.63) is 82.2 Å². The Kier molecular flexibility index (Phi) is 5.72. The summed E-state index contributed by atoms with van der Waals surface area (Å²) in [5, 5.41) is 3.28. The smallest absolute Gasteiger partial charge is 0.336 e. The molecule has 0 radical (unpaired) electrons. The van der Waals surface area contributed by atoms with Gasteiger partial charge in [0.25, 0.3) is 0 Å². The molecule has 0 saturated heterocycles. The van der Waals surface area contributed by atoms with E-state index in [1.165, 1.54) is 10.5 Å². The number of nitrogens with one attached hydrogen (secondary N) is 1. The number of benzene rings is 3. The van der Waals surface area contributed by atoms with Crippen molar-refractivity contribution in [3.8, 4) is 11.5 Å². The maximum atomic E-state index is 12.1. The Labute approximate surface area is 175 Å². The van der Waals surface area contributed by atoms with Gasteiger partial charge in [0.1, 0.15) is 12.1 Å². The molecular weight excluding hydrogens is 378 g/mol. The van der Waals surface area contributed by atoms with Crippen molar-refractivity contribution in [1.82, 2.24) is 0 Å². The topological polar surface area (TPSA) is 53.1 Å². The minimum Gasteiger partial charge on any atom is -0.493 e. The molecule has 1 atom stereocenters. The summed E-state index contributed by atoms with van der Waals surface area (Å²) in [5.41, 5.74) is 2.54. The third-order valence-electron chi connectivity index (χ3n) is 5.50. The van der Waals surface area contributed by atoms with E-state index in [0.29, 0.717) is 5.58 Å². The van der Waals surface area contributed by atoms with Crippen LogP contribution in [-0.4, -0.2) is 27.8 Å². The monoisotopic (exact) mass is 404 g/mol. The minimum atomic E-state index is -0.305. The van der Waals surface area contributed by atoms with E-state index in [9.17, 15) is 4.79 Å². The Morgan fingerprint density at radius 1 is 0.933 bits per heavy atom. The molecule has 4 rings (SSSR count). The number of methoxy groups -OCH3 is 2. The molecule has 0 aliphatic carbocycles. The summed E-state index contributed by atoms with van der Waals surface area (Å²) in [7, 11) is 5.43. The number of quaternary nitrogens is 1. The van der Waals surface area contributed by atoms with Crippen LogP contribution in [0.3, 0.4) is 0 Å². The van der Waals surface area contributed by atoms with E-state index >= 15 is 0 Å². The fourth-order valence-corrected chi connectivity index (χ4v) is 3.97. The average molecular weight is 404 g/mol. The molecule has 5 nitrogen and oxygen atoms in total. The maximum Gasteiger partial charge on any atom is 0.336 e. The van der Waals surface area contributed by atoms with Crippen molar-refractivity contribution < 1.29 is 18.8 Å². The van der Waals surface area contributed by atoms with Gasteiger partial charge in [0.15, 0.2) is 11.5 Å². The quantitative estimate of drug-likeness (QED) is 0.380. The fourth-order valence-electron chi connectivity index (χ4n) is 3.97. The number of rotatable bonds is 7. The Morgan fingerprint density at radius 3 is 2.53 bits per heavy atom. The van der Waals surface area contributed by atoms with Gasteiger partial charge in [-0.2, -0.15) is 0 Å². The van der Waals surface area contributed by atoms with Gasteiger partial charge in [0.2, 0.25) is 0 Å². The number of hydrogen-bond acceptors (Lipinski definition) is 4. The van der Waals surface area contributed by atoms with Gasteiger partial charge >= 0.3 is 5.63 Å². The maximum absolute atomic E-state index is 12.1. The molecule has 154 valence electrons. The normalized spacial score (nSPS) is 12.2. The molecule has 0 spiro atoms. The molecule has 4 aromatic rings. The van der Waals surface area contributed by atoms with Crippen LogP contribution in [0.25, 0.3) is 21.7 Å². The van der Waals surface area contributed by atoms with Crippen LogP contribution in [0.2, 0.25) is 0 Å². The van der Waals surface area contributed by atoms with Crippen LogP contribution in [0.5, 0.6) is 11.5 Å². The molecule has 1 heterocycles. The van der Waals surface area contributed by atoms with Crippen LogP contribution in [0, 0.1) is 0 Å². The third-order valence-corrected chi connectivity index (χ3v) is 5.50. The van der Waals surface area contributed by atoms with E-state index in [2.05, 4.69) is 25.2 Å². The van der Waals surface area contributed by atoms with Gasteiger partial charge in [-0.15, -0.1) is 0 Å². The highest BCUT2D eigenvalue weighted by atomic mass is 16.5. The van der Waals surface area contributed by atoms with Crippen LogP contribution < -0.4 is 20.0 Å². The summed E-state index contributed by atoms with van der Waals surface area (Å²) < 4.78 is 16.2. The van der Waals surface area contributed by atoms with Gasteiger partial charge in [-0.1, -0.05) is 36.4 Å². The summed E-state index contributed by atoms with van der Waals surface area (Å²) in [5.74, 6) is 1.47. The third kappa shape index (κ3) is 4.02. The van der Waals surface area contributed by atoms with E-state index in [1.54, 1.807) is 20.3 Å². The van der Waals surface area contributed by atoms with E-state index < -0.39 is 0 Å². The number of hydrogen-bond donors (Lipinski definition) is 1. The molecular formula is C25H26NO4+. The molecule has 0 fully saturated rings. The van der Waals surface area contributed by atoms with E-state index in [1.807, 2.05) is 36.4 Å². The van der Waals surface area contributed by atoms with Gasteiger partial charge in [-0.25, -0.2) is 4.79 Å². The first-order valence-corrected chi connectivity index (χ1v) is 10.1. The molecule has 1 aromatic heterocycles. The molecule has 0 amide bonds. The first-order chi connectivity index (χ1) is 14.6. The highest BCUT2D eigenvalue weighted by Crippen LogP contribution is 2.28. The lowest BCUT2D eigenvalue weighted by Gasteiger charge is -2.16. The predicted molar refractivity (Wildman–Crippen MR) is 119 cm³/mol. The van der Waals surface area contributed by atoms with E-state index in [4.69, 9.17) is 13.9 Å². The second kappa shape index (κ2) is 8.59. The molecule has 1 unspecified atom stereocenters. The molecule has 0 bridgehead atoms. The zero-order valence-electron chi connectivity index (χ0n) is 17.5. The summed E-state index contributed by atoms with van der Waals surface area (Å²) in [4.78, 5) is 13.4. The molecule has 30 heavy (non-hydrogen) atoms. The van der Waals surface area contributed by atoms with Crippen LogP contribution in [0.4, 0.5) is 0 Å². The van der Waals surface area contributed by atoms with Gasteiger partial charge in [0.05, 0.1) is 27.8 Å². The van der Waals surface area contributed by atoms with Crippen LogP contribution >= 0.6 is 0 Å². The van der Waals surface area contributed by atoms with Crippen molar-refractivity contribution in [2.75, 3.05) is 27.8 Å². The Bertz CT molecular complexity index is 1250. The molecule has 3 aromatic carbocycles. The number of ether oxygens (including phenoxy) is 2. The average Bonchev–Trinajstić information content (AvgIpc) is 2.76.